The first kappa shape index (κ1) is 27.1. The highest BCUT2D eigenvalue weighted by Crippen LogP contribution is 2.35. The van der Waals surface area contributed by atoms with Crippen molar-refractivity contribution in [2.45, 2.75) is 33.4 Å². The molecule has 0 radical (unpaired) electrons. The van der Waals surface area contributed by atoms with Gasteiger partial charge >= 0.3 is 5.97 Å². The number of hydrogen-bond acceptors (Lipinski definition) is 5. The molecule has 0 spiro atoms. The molecule has 1 aromatic heterocycles. The Bertz CT molecular complexity index is 1600. The minimum atomic E-state index is -1.10. The number of pyridine rings is 1. The molecule has 2 N–H and O–H groups in total. The number of allylic oxidation sites excluding steroid dienone is 4. The van der Waals surface area contributed by atoms with Gasteiger partial charge in [-0.05, 0) is 61.7 Å². The summed E-state index contributed by atoms with van der Waals surface area (Å²) in [6.45, 7) is 5.80. The van der Waals surface area contributed by atoms with E-state index in [1.165, 1.54) is 25.1 Å². The number of carboxylic acids is 1. The fourth-order valence-electron chi connectivity index (χ4n) is 4.17. The van der Waals surface area contributed by atoms with Gasteiger partial charge in [0.2, 0.25) is 0 Å². The van der Waals surface area contributed by atoms with Crippen LogP contribution in [0.3, 0.4) is 0 Å². The van der Waals surface area contributed by atoms with Crippen molar-refractivity contribution in [1.82, 2.24) is 4.98 Å². The monoisotopic (exact) mass is 521 g/mol. The van der Waals surface area contributed by atoms with Crippen LogP contribution >= 0.6 is 0 Å². The molecular formula is C32H28FN3O3. The molecule has 1 unspecified atom stereocenters. The van der Waals surface area contributed by atoms with Crippen molar-refractivity contribution >= 4 is 28.1 Å². The van der Waals surface area contributed by atoms with Crippen LogP contribution in [-0.2, 0) is 16.1 Å². The topological polar surface area (TPSA) is 95.2 Å². The van der Waals surface area contributed by atoms with Crippen molar-refractivity contribution in [2.24, 2.45) is 0 Å². The van der Waals surface area contributed by atoms with Gasteiger partial charge in [-0.2, -0.15) is 5.26 Å². The lowest BCUT2D eigenvalue weighted by Gasteiger charge is -2.17. The lowest BCUT2D eigenvalue weighted by molar-refractivity contribution is -0.137. The summed E-state index contributed by atoms with van der Waals surface area (Å²) < 4.78 is 20.0. The van der Waals surface area contributed by atoms with Crippen molar-refractivity contribution in [3.05, 3.63) is 113 Å². The number of halogens is 1. The zero-order valence-electron chi connectivity index (χ0n) is 21.9. The van der Waals surface area contributed by atoms with Crippen LogP contribution in [0.1, 0.15) is 37.5 Å². The molecule has 0 amide bonds. The molecule has 196 valence electrons. The first-order valence-electron chi connectivity index (χ1n) is 12.5. The summed E-state index contributed by atoms with van der Waals surface area (Å²) in [6, 6.07) is 22.7. The summed E-state index contributed by atoms with van der Waals surface area (Å²) >= 11 is 0. The van der Waals surface area contributed by atoms with E-state index >= 15 is 0 Å². The molecule has 0 saturated carbocycles. The maximum atomic E-state index is 14.1. The third kappa shape index (κ3) is 6.31. The van der Waals surface area contributed by atoms with E-state index in [4.69, 9.17) is 4.74 Å². The predicted molar refractivity (Wildman–Crippen MR) is 151 cm³/mol. The molecule has 7 heteroatoms. The standard InChI is InChI=1S/C32H28FN3O3/c1-4-23(16-20(2)39-19-22-8-6-5-7-9-22)24-10-12-25(13-11-24)30-28(18-34)31(35-21(3)32(37)38)27-17-26(33)14-15-29(27)36-30/h4-17,21H,19H2,1-3H3,(H,35,36)(H,37,38)/b20-16+,23-4+. The molecule has 0 saturated heterocycles. The number of carboxylic acid groups (broad SMARTS) is 1. The van der Waals surface area contributed by atoms with E-state index in [2.05, 4.69) is 16.4 Å². The first-order valence-corrected chi connectivity index (χ1v) is 12.5. The van der Waals surface area contributed by atoms with Gasteiger partial charge in [-0.25, -0.2) is 9.37 Å². The predicted octanol–water partition coefficient (Wildman–Crippen LogP) is 7.32. The fourth-order valence-corrected chi connectivity index (χ4v) is 4.17. The molecule has 6 nitrogen and oxygen atoms in total. The zero-order chi connectivity index (χ0) is 27.9. The molecular weight excluding hydrogens is 493 g/mol. The molecule has 3 aromatic carbocycles. The zero-order valence-corrected chi connectivity index (χ0v) is 21.9. The Hall–Kier alpha value is -4.96. The highest BCUT2D eigenvalue weighted by molar-refractivity contribution is 5.99. The molecule has 4 aromatic rings. The number of fused-ring (bicyclic) bond motifs is 1. The largest absolute Gasteiger partial charge is 0.494 e. The first-order chi connectivity index (χ1) is 18.8. The van der Waals surface area contributed by atoms with Crippen molar-refractivity contribution in [1.29, 1.82) is 5.26 Å². The van der Waals surface area contributed by atoms with Crippen molar-refractivity contribution in [2.75, 3.05) is 5.32 Å². The molecule has 0 aliphatic rings. The van der Waals surface area contributed by atoms with Crippen LogP contribution in [0.2, 0.25) is 0 Å². The van der Waals surface area contributed by atoms with Gasteiger partial charge < -0.3 is 15.2 Å². The van der Waals surface area contributed by atoms with Gasteiger partial charge in [0.25, 0.3) is 0 Å². The van der Waals surface area contributed by atoms with Crippen LogP contribution in [0.15, 0.2) is 90.7 Å². The molecule has 0 aliphatic carbocycles. The summed E-state index contributed by atoms with van der Waals surface area (Å²) in [7, 11) is 0. The summed E-state index contributed by atoms with van der Waals surface area (Å²) in [6.07, 6.45) is 3.96. The van der Waals surface area contributed by atoms with Crippen molar-refractivity contribution in [3.8, 4) is 17.3 Å². The Balaban J connectivity index is 1.67. The van der Waals surface area contributed by atoms with Gasteiger partial charge in [-0.3, -0.25) is 4.79 Å². The van der Waals surface area contributed by atoms with E-state index < -0.39 is 17.8 Å². The minimum Gasteiger partial charge on any atom is -0.494 e. The second-order valence-electron chi connectivity index (χ2n) is 9.04. The number of carbonyl (C=O) groups is 1. The number of nitrogens with one attached hydrogen (secondary N) is 1. The van der Waals surface area contributed by atoms with Gasteiger partial charge in [0.05, 0.1) is 22.7 Å². The number of benzene rings is 3. The van der Waals surface area contributed by atoms with Crippen LogP contribution in [0.25, 0.3) is 27.7 Å². The number of aromatic nitrogens is 1. The van der Waals surface area contributed by atoms with Crippen LogP contribution in [0.4, 0.5) is 10.1 Å². The average molecular weight is 522 g/mol. The van der Waals surface area contributed by atoms with E-state index in [0.717, 1.165) is 22.5 Å². The number of nitriles is 1. The third-order valence-electron chi connectivity index (χ3n) is 6.26. The number of nitrogens with zero attached hydrogens (tertiary/aromatic N) is 2. The Morgan fingerprint density at radius 2 is 1.87 bits per heavy atom. The number of anilines is 1. The normalized spacial score (nSPS) is 12.6. The molecule has 1 atom stereocenters. The number of hydrogen-bond donors (Lipinski definition) is 2. The van der Waals surface area contributed by atoms with Crippen LogP contribution in [0.5, 0.6) is 0 Å². The lowest BCUT2D eigenvalue weighted by Crippen LogP contribution is -2.26. The van der Waals surface area contributed by atoms with Crippen LogP contribution in [-0.4, -0.2) is 22.1 Å². The van der Waals surface area contributed by atoms with Gasteiger partial charge in [0, 0.05) is 10.9 Å². The lowest BCUT2D eigenvalue weighted by atomic mass is 9.98. The molecule has 0 fully saturated rings. The Morgan fingerprint density at radius 3 is 2.51 bits per heavy atom. The van der Waals surface area contributed by atoms with Gasteiger partial charge in [0.15, 0.2) is 0 Å². The van der Waals surface area contributed by atoms with E-state index in [-0.39, 0.29) is 11.3 Å². The second-order valence-corrected chi connectivity index (χ2v) is 9.04. The van der Waals surface area contributed by atoms with Crippen LogP contribution < -0.4 is 5.32 Å². The fraction of sp³-hybridized carbons (Fsp3) is 0.156. The third-order valence-corrected chi connectivity index (χ3v) is 6.26. The van der Waals surface area contributed by atoms with E-state index in [9.17, 15) is 19.6 Å². The van der Waals surface area contributed by atoms with Crippen LogP contribution in [0, 0.1) is 17.1 Å². The minimum absolute atomic E-state index is 0.144. The highest BCUT2D eigenvalue weighted by atomic mass is 19.1. The molecule has 0 bridgehead atoms. The number of ether oxygens (including phenoxy) is 1. The van der Waals surface area contributed by atoms with E-state index in [1.807, 2.05) is 80.6 Å². The van der Waals surface area contributed by atoms with Gasteiger partial charge in [-0.15, -0.1) is 0 Å². The molecule has 1 heterocycles. The number of rotatable bonds is 9. The quantitative estimate of drug-likeness (QED) is 0.177. The second kappa shape index (κ2) is 12.1. The highest BCUT2D eigenvalue weighted by Gasteiger charge is 2.21. The Labute approximate surface area is 226 Å². The maximum absolute atomic E-state index is 14.1. The summed E-state index contributed by atoms with van der Waals surface area (Å²) in [5, 5.41) is 22.7. The van der Waals surface area contributed by atoms with Gasteiger partial charge in [0.1, 0.15) is 30.1 Å². The van der Waals surface area contributed by atoms with E-state index in [1.54, 1.807) is 0 Å². The van der Waals surface area contributed by atoms with Crippen molar-refractivity contribution in [3.63, 3.8) is 0 Å². The average Bonchev–Trinajstić information content (AvgIpc) is 2.95. The maximum Gasteiger partial charge on any atom is 0.325 e. The summed E-state index contributed by atoms with van der Waals surface area (Å²) in [5.41, 5.74) is 4.87. The summed E-state index contributed by atoms with van der Waals surface area (Å²) in [5.74, 6) is -0.832. The Kier molecular flexibility index (Phi) is 8.37. The summed E-state index contributed by atoms with van der Waals surface area (Å²) in [4.78, 5) is 16.2. The molecule has 4 rings (SSSR count). The number of aliphatic carboxylic acids is 1. The van der Waals surface area contributed by atoms with Gasteiger partial charge in [-0.1, -0.05) is 60.7 Å². The molecule has 39 heavy (non-hydrogen) atoms. The Morgan fingerprint density at radius 1 is 1.15 bits per heavy atom. The smallest absolute Gasteiger partial charge is 0.325 e. The molecule has 0 aliphatic heterocycles. The van der Waals surface area contributed by atoms with Crippen molar-refractivity contribution < 1.29 is 19.0 Å². The SMILES string of the molecule is C/C=C(\C=C(/C)OCc1ccccc1)c1ccc(-c2nc3ccc(F)cc3c(NC(C)C(=O)O)c2C#N)cc1. The van der Waals surface area contributed by atoms with E-state index in [0.29, 0.717) is 28.8 Å².